The van der Waals surface area contributed by atoms with Crippen molar-refractivity contribution in [2.75, 3.05) is 18.2 Å². The molecule has 0 bridgehead atoms. The van der Waals surface area contributed by atoms with Gasteiger partial charge in [0.25, 0.3) is 0 Å². The number of thioether (sulfide) groups is 1. The summed E-state index contributed by atoms with van der Waals surface area (Å²) in [6.07, 6.45) is 0. The summed E-state index contributed by atoms with van der Waals surface area (Å²) in [4.78, 5) is 17.1. The zero-order valence-corrected chi connectivity index (χ0v) is 19.0. The molecule has 0 unspecified atom stereocenters. The number of benzene rings is 2. The van der Waals surface area contributed by atoms with E-state index in [0.29, 0.717) is 10.3 Å². The Morgan fingerprint density at radius 3 is 2.65 bits per heavy atom. The van der Waals surface area contributed by atoms with Crippen molar-refractivity contribution < 1.29 is 9.53 Å². The number of thiazole rings is 1. The van der Waals surface area contributed by atoms with E-state index in [2.05, 4.69) is 20.5 Å². The summed E-state index contributed by atoms with van der Waals surface area (Å²) in [5.74, 6) is 1.58. The minimum atomic E-state index is -0.141. The molecule has 7 nitrogen and oxygen atoms in total. The van der Waals surface area contributed by atoms with Crippen LogP contribution in [0.3, 0.4) is 0 Å². The first kappa shape index (κ1) is 21.1. The summed E-state index contributed by atoms with van der Waals surface area (Å²) in [6, 6.07) is 15.7. The fourth-order valence-corrected chi connectivity index (χ4v) is 4.59. The summed E-state index contributed by atoms with van der Waals surface area (Å²) in [6.45, 7) is 3.93. The lowest BCUT2D eigenvalue weighted by atomic mass is 10.1. The number of carbonyl (C=O) groups is 1. The van der Waals surface area contributed by atoms with Gasteiger partial charge in [-0.15, -0.1) is 21.5 Å². The first-order valence-electron chi connectivity index (χ1n) is 9.56. The molecule has 0 aliphatic carbocycles. The van der Waals surface area contributed by atoms with Gasteiger partial charge in [0.1, 0.15) is 11.6 Å². The van der Waals surface area contributed by atoms with E-state index in [1.54, 1.807) is 7.11 Å². The van der Waals surface area contributed by atoms with Gasteiger partial charge in [0.15, 0.2) is 10.3 Å². The normalized spacial score (nSPS) is 10.8. The Bertz CT molecular complexity index is 1200. The molecule has 0 aliphatic heterocycles. The third-order valence-corrected chi connectivity index (χ3v) is 6.32. The second-order valence-electron chi connectivity index (χ2n) is 6.75. The predicted molar refractivity (Wildman–Crippen MR) is 124 cm³/mol. The van der Waals surface area contributed by atoms with Gasteiger partial charge in [-0.25, -0.2) is 4.98 Å². The van der Waals surface area contributed by atoms with E-state index in [1.807, 2.05) is 72.3 Å². The van der Waals surface area contributed by atoms with Gasteiger partial charge < -0.3 is 10.1 Å². The number of hydrogen-bond donors (Lipinski definition) is 1. The van der Waals surface area contributed by atoms with Crippen LogP contribution in [0.25, 0.3) is 16.9 Å². The Balaban J connectivity index is 1.41. The van der Waals surface area contributed by atoms with Gasteiger partial charge >= 0.3 is 0 Å². The number of anilines is 1. The molecule has 0 radical (unpaired) electrons. The summed E-state index contributed by atoms with van der Waals surface area (Å²) in [7, 11) is 1.63. The van der Waals surface area contributed by atoms with Crippen LogP contribution in [0.5, 0.6) is 5.75 Å². The number of rotatable bonds is 7. The van der Waals surface area contributed by atoms with Gasteiger partial charge in [0.2, 0.25) is 5.91 Å². The topological polar surface area (TPSA) is 81.9 Å². The number of nitrogens with one attached hydrogen (secondary N) is 1. The number of nitrogens with zero attached hydrogens (tertiary/aromatic N) is 4. The van der Waals surface area contributed by atoms with Crippen LogP contribution >= 0.6 is 23.1 Å². The SMILES string of the molecule is COc1ccc(-n2c(C)nnc2SCC(=O)Nc2nc(-c3ccccc3C)cs2)cc1. The molecule has 9 heteroatoms. The smallest absolute Gasteiger partial charge is 0.236 e. The summed E-state index contributed by atoms with van der Waals surface area (Å²) in [5, 5.41) is 14.4. The molecule has 1 amide bonds. The van der Waals surface area contributed by atoms with E-state index < -0.39 is 0 Å². The monoisotopic (exact) mass is 451 g/mol. The van der Waals surface area contributed by atoms with Gasteiger partial charge in [-0.2, -0.15) is 0 Å². The Kier molecular flexibility index (Phi) is 6.34. The van der Waals surface area contributed by atoms with Crippen molar-refractivity contribution in [2.24, 2.45) is 0 Å². The first-order valence-corrected chi connectivity index (χ1v) is 11.4. The van der Waals surface area contributed by atoms with E-state index in [4.69, 9.17) is 4.74 Å². The van der Waals surface area contributed by atoms with Crippen LogP contribution in [0.1, 0.15) is 11.4 Å². The minimum Gasteiger partial charge on any atom is -0.497 e. The molecule has 0 spiro atoms. The van der Waals surface area contributed by atoms with Crippen molar-refractivity contribution in [1.29, 1.82) is 0 Å². The van der Waals surface area contributed by atoms with E-state index in [9.17, 15) is 4.79 Å². The minimum absolute atomic E-state index is 0.141. The molecule has 0 aliphatic rings. The molecule has 2 aromatic carbocycles. The highest BCUT2D eigenvalue weighted by Crippen LogP contribution is 2.28. The number of carbonyl (C=O) groups excluding carboxylic acids is 1. The molecule has 31 heavy (non-hydrogen) atoms. The van der Waals surface area contributed by atoms with Gasteiger partial charge in [-0.1, -0.05) is 36.0 Å². The number of methoxy groups -OCH3 is 1. The van der Waals surface area contributed by atoms with E-state index in [1.165, 1.54) is 23.1 Å². The quantitative estimate of drug-likeness (QED) is 0.409. The van der Waals surface area contributed by atoms with Crippen molar-refractivity contribution in [3.63, 3.8) is 0 Å². The largest absolute Gasteiger partial charge is 0.497 e. The van der Waals surface area contributed by atoms with Gasteiger partial charge in [-0.3, -0.25) is 9.36 Å². The maximum atomic E-state index is 12.5. The fourth-order valence-electron chi connectivity index (χ4n) is 3.07. The fraction of sp³-hybridized carbons (Fsp3) is 0.182. The number of ether oxygens (including phenoxy) is 1. The molecular formula is C22H21N5O2S2. The molecule has 2 heterocycles. The third-order valence-electron chi connectivity index (χ3n) is 4.63. The first-order chi connectivity index (χ1) is 15.0. The Hall–Kier alpha value is -3.17. The summed E-state index contributed by atoms with van der Waals surface area (Å²) >= 11 is 2.74. The highest BCUT2D eigenvalue weighted by atomic mass is 32.2. The Labute approximate surface area is 188 Å². The van der Waals surface area contributed by atoms with E-state index >= 15 is 0 Å². The van der Waals surface area contributed by atoms with Crippen molar-refractivity contribution >= 4 is 34.1 Å². The van der Waals surface area contributed by atoms with Crippen molar-refractivity contribution in [3.8, 4) is 22.7 Å². The van der Waals surface area contributed by atoms with E-state index in [0.717, 1.165) is 34.1 Å². The molecule has 158 valence electrons. The lowest BCUT2D eigenvalue weighted by molar-refractivity contribution is -0.113. The summed E-state index contributed by atoms with van der Waals surface area (Å²) in [5.41, 5.74) is 3.99. The van der Waals surface area contributed by atoms with Crippen LogP contribution < -0.4 is 10.1 Å². The number of hydrogen-bond acceptors (Lipinski definition) is 7. The van der Waals surface area contributed by atoms with Crippen molar-refractivity contribution in [2.45, 2.75) is 19.0 Å². The average Bonchev–Trinajstić information content (AvgIpc) is 3.39. The standard InChI is InChI=1S/C22H21N5O2S2/c1-14-6-4-5-7-18(14)19-12-30-21(23-19)24-20(28)13-31-22-26-25-15(2)27(22)16-8-10-17(29-3)11-9-16/h4-12H,13H2,1-3H3,(H,23,24,28). The molecular weight excluding hydrogens is 430 g/mol. The zero-order chi connectivity index (χ0) is 21.8. The maximum absolute atomic E-state index is 12.5. The Morgan fingerprint density at radius 2 is 1.90 bits per heavy atom. The highest BCUT2D eigenvalue weighted by Gasteiger charge is 2.15. The van der Waals surface area contributed by atoms with Gasteiger partial charge in [0, 0.05) is 16.6 Å². The second-order valence-corrected chi connectivity index (χ2v) is 8.55. The van der Waals surface area contributed by atoms with Crippen LogP contribution in [0.4, 0.5) is 5.13 Å². The molecule has 4 aromatic rings. The highest BCUT2D eigenvalue weighted by molar-refractivity contribution is 7.99. The van der Waals surface area contributed by atoms with Gasteiger partial charge in [0.05, 0.1) is 18.6 Å². The number of aromatic nitrogens is 4. The Morgan fingerprint density at radius 1 is 1.13 bits per heavy atom. The van der Waals surface area contributed by atoms with Crippen LogP contribution in [0, 0.1) is 13.8 Å². The third kappa shape index (κ3) is 4.78. The predicted octanol–water partition coefficient (Wildman–Crippen LogP) is 4.75. The van der Waals surface area contributed by atoms with E-state index in [-0.39, 0.29) is 11.7 Å². The maximum Gasteiger partial charge on any atom is 0.236 e. The molecule has 1 N–H and O–H groups in total. The molecule has 0 fully saturated rings. The average molecular weight is 452 g/mol. The molecule has 4 rings (SSSR count). The zero-order valence-electron chi connectivity index (χ0n) is 17.3. The lowest BCUT2D eigenvalue weighted by Crippen LogP contribution is -2.14. The number of aryl methyl sites for hydroxylation is 2. The van der Waals surface area contributed by atoms with Crippen molar-refractivity contribution in [3.05, 3.63) is 65.3 Å². The molecule has 2 aromatic heterocycles. The molecule has 0 saturated heterocycles. The lowest BCUT2D eigenvalue weighted by Gasteiger charge is -2.09. The second kappa shape index (κ2) is 9.32. The van der Waals surface area contributed by atoms with Crippen LogP contribution in [0.15, 0.2) is 59.1 Å². The molecule has 0 atom stereocenters. The van der Waals surface area contributed by atoms with Crippen molar-refractivity contribution in [1.82, 2.24) is 19.7 Å². The number of amides is 1. The summed E-state index contributed by atoms with van der Waals surface area (Å²) < 4.78 is 7.13. The van der Waals surface area contributed by atoms with Crippen LogP contribution in [-0.4, -0.2) is 38.5 Å². The van der Waals surface area contributed by atoms with Crippen LogP contribution in [-0.2, 0) is 4.79 Å². The van der Waals surface area contributed by atoms with Gasteiger partial charge in [-0.05, 0) is 43.7 Å². The van der Waals surface area contributed by atoms with Crippen LogP contribution in [0.2, 0.25) is 0 Å². The molecule has 0 saturated carbocycles.